The summed E-state index contributed by atoms with van der Waals surface area (Å²) in [4.78, 5) is 24.2. The van der Waals surface area contributed by atoms with Crippen LogP contribution in [-0.2, 0) is 4.74 Å². The Hall–Kier alpha value is -1.93. The van der Waals surface area contributed by atoms with Crippen LogP contribution in [0.15, 0.2) is 12.3 Å². The van der Waals surface area contributed by atoms with Crippen LogP contribution in [0.3, 0.4) is 0 Å². The Morgan fingerprint density at radius 3 is 3.05 bits per heavy atom. The number of ether oxygens (including phenoxy) is 1. The second-order valence-corrected chi connectivity index (χ2v) is 4.58. The molecule has 2 heterocycles. The maximum absolute atomic E-state index is 11.8. The SMILES string of the molecule is CC1OCCC1(O)CNC(=O)c1cc([N+](=O)[O-])c[nH]1. The highest BCUT2D eigenvalue weighted by atomic mass is 16.6. The van der Waals surface area contributed by atoms with Gasteiger partial charge in [0.15, 0.2) is 0 Å². The Morgan fingerprint density at radius 1 is 1.79 bits per heavy atom. The number of H-pyrrole nitrogens is 1. The van der Waals surface area contributed by atoms with Crippen molar-refractivity contribution in [3.8, 4) is 0 Å². The number of nitro groups is 1. The molecule has 0 aliphatic carbocycles. The monoisotopic (exact) mass is 269 g/mol. The number of carbonyl (C=O) groups excluding carboxylic acids is 1. The molecule has 2 unspecified atom stereocenters. The first-order valence-electron chi connectivity index (χ1n) is 5.87. The van der Waals surface area contributed by atoms with E-state index in [0.717, 1.165) is 12.3 Å². The third-order valence-electron chi connectivity index (χ3n) is 3.34. The van der Waals surface area contributed by atoms with E-state index in [1.165, 1.54) is 0 Å². The molecule has 19 heavy (non-hydrogen) atoms. The predicted molar refractivity (Wildman–Crippen MR) is 64.8 cm³/mol. The van der Waals surface area contributed by atoms with Gasteiger partial charge >= 0.3 is 0 Å². The van der Waals surface area contributed by atoms with Crippen LogP contribution in [0.1, 0.15) is 23.8 Å². The predicted octanol–water partition coefficient (Wildman–Crippen LogP) is 0.193. The second kappa shape index (κ2) is 4.98. The molecule has 0 spiro atoms. The van der Waals surface area contributed by atoms with Crippen molar-refractivity contribution in [2.24, 2.45) is 0 Å². The van der Waals surface area contributed by atoms with Crippen LogP contribution in [0.5, 0.6) is 0 Å². The minimum atomic E-state index is -1.09. The van der Waals surface area contributed by atoms with E-state index in [1.54, 1.807) is 6.92 Å². The lowest BCUT2D eigenvalue weighted by molar-refractivity contribution is -0.384. The lowest BCUT2D eigenvalue weighted by Crippen LogP contribution is -2.47. The van der Waals surface area contributed by atoms with Gasteiger partial charge in [0.1, 0.15) is 11.3 Å². The maximum Gasteiger partial charge on any atom is 0.287 e. The third-order valence-corrected chi connectivity index (χ3v) is 3.34. The molecule has 1 fully saturated rings. The normalized spacial score (nSPS) is 26.3. The van der Waals surface area contributed by atoms with Gasteiger partial charge < -0.3 is 20.1 Å². The minimum Gasteiger partial charge on any atom is -0.385 e. The fourth-order valence-corrected chi connectivity index (χ4v) is 1.95. The van der Waals surface area contributed by atoms with Gasteiger partial charge in [-0.05, 0) is 6.92 Å². The summed E-state index contributed by atoms with van der Waals surface area (Å²) in [6, 6.07) is 1.15. The molecule has 1 saturated heterocycles. The Morgan fingerprint density at radius 2 is 2.53 bits per heavy atom. The number of nitrogens with one attached hydrogen (secondary N) is 2. The van der Waals surface area contributed by atoms with Crippen LogP contribution in [-0.4, -0.2) is 45.8 Å². The Balaban J connectivity index is 1.95. The molecule has 1 aromatic rings. The zero-order valence-corrected chi connectivity index (χ0v) is 10.4. The number of aromatic amines is 1. The average Bonchev–Trinajstić information content (AvgIpc) is 2.96. The zero-order chi connectivity index (χ0) is 14.0. The molecule has 8 nitrogen and oxygen atoms in total. The van der Waals surface area contributed by atoms with Crippen LogP contribution in [0, 0.1) is 10.1 Å². The molecule has 1 aliphatic heterocycles. The topological polar surface area (TPSA) is 117 Å². The average molecular weight is 269 g/mol. The van der Waals surface area contributed by atoms with Gasteiger partial charge in [-0.2, -0.15) is 0 Å². The van der Waals surface area contributed by atoms with E-state index in [2.05, 4.69) is 10.3 Å². The number of hydrogen-bond acceptors (Lipinski definition) is 5. The highest BCUT2D eigenvalue weighted by Crippen LogP contribution is 2.24. The smallest absolute Gasteiger partial charge is 0.287 e. The number of rotatable bonds is 4. The van der Waals surface area contributed by atoms with Gasteiger partial charge in [0.2, 0.25) is 0 Å². The lowest BCUT2D eigenvalue weighted by Gasteiger charge is -2.25. The van der Waals surface area contributed by atoms with Crippen LogP contribution < -0.4 is 5.32 Å². The number of hydrogen-bond donors (Lipinski definition) is 3. The van der Waals surface area contributed by atoms with Gasteiger partial charge in [0.25, 0.3) is 11.6 Å². The maximum atomic E-state index is 11.8. The van der Waals surface area contributed by atoms with E-state index in [9.17, 15) is 20.0 Å². The molecule has 0 saturated carbocycles. The van der Waals surface area contributed by atoms with Gasteiger partial charge in [0, 0.05) is 25.6 Å². The Labute approximate surface area is 108 Å². The lowest BCUT2D eigenvalue weighted by atomic mass is 9.97. The Kier molecular flexibility index (Phi) is 3.54. The fourth-order valence-electron chi connectivity index (χ4n) is 1.95. The zero-order valence-electron chi connectivity index (χ0n) is 10.4. The summed E-state index contributed by atoms with van der Waals surface area (Å²) in [5.74, 6) is -0.499. The number of carbonyl (C=O) groups is 1. The van der Waals surface area contributed by atoms with Gasteiger partial charge in [-0.3, -0.25) is 14.9 Å². The van der Waals surface area contributed by atoms with Crippen LogP contribution in [0.25, 0.3) is 0 Å². The molecule has 0 aromatic carbocycles. The van der Waals surface area contributed by atoms with E-state index >= 15 is 0 Å². The summed E-state index contributed by atoms with van der Waals surface area (Å²) in [7, 11) is 0. The van der Waals surface area contributed by atoms with E-state index in [-0.39, 0.29) is 24.0 Å². The summed E-state index contributed by atoms with van der Waals surface area (Å²) < 4.78 is 5.24. The van der Waals surface area contributed by atoms with Crippen molar-refractivity contribution in [1.29, 1.82) is 0 Å². The van der Waals surface area contributed by atoms with Crippen LogP contribution in [0.2, 0.25) is 0 Å². The van der Waals surface area contributed by atoms with E-state index in [0.29, 0.717) is 13.0 Å². The van der Waals surface area contributed by atoms with Crippen molar-refractivity contribution in [3.63, 3.8) is 0 Å². The van der Waals surface area contributed by atoms with Crippen LogP contribution >= 0.6 is 0 Å². The molecule has 8 heteroatoms. The Bertz CT molecular complexity index is 500. The molecular weight excluding hydrogens is 254 g/mol. The van der Waals surface area contributed by atoms with Gasteiger partial charge in [-0.25, -0.2) is 0 Å². The van der Waals surface area contributed by atoms with Crippen molar-refractivity contribution in [2.45, 2.75) is 25.0 Å². The third kappa shape index (κ3) is 2.74. The number of aliphatic hydroxyl groups is 1. The quantitative estimate of drug-likeness (QED) is 0.533. The molecule has 1 aromatic heterocycles. The van der Waals surface area contributed by atoms with Crippen molar-refractivity contribution in [1.82, 2.24) is 10.3 Å². The van der Waals surface area contributed by atoms with Gasteiger partial charge in [-0.1, -0.05) is 0 Å². The summed E-state index contributed by atoms with van der Waals surface area (Å²) in [5, 5.41) is 23.2. The summed E-state index contributed by atoms with van der Waals surface area (Å²) in [6.07, 6.45) is 1.23. The van der Waals surface area contributed by atoms with E-state index in [4.69, 9.17) is 4.74 Å². The molecular formula is C11H15N3O5. The highest BCUT2D eigenvalue weighted by Gasteiger charge is 2.39. The summed E-state index contributed by atoms with van der Waals surface area (Å²) >= 11 is 0. The van der Waals surface area contributed by atoms with Crippen molar-refractivity contribution < 1.29 is 19.6 Å². The van der Waals surface area contributed by atoms with Crippen molar-refractivity contribution >= 4 is 11.6 Å². The standard InChI is InChI=1S/C11H15N3O5/c1-7-11(16,2-3-19-7)6-13-10(15)9-4-8(5-12-9)14(17)18/h4-5,7,12,16H,2-3,6H2,1H3,(H,13,15). The molecule has 3 N–H and O–H groups in total. The fraction of sp³-hybridized carbons (Fsp3) is 0.545. The van der Waals surface area contributed by atoms with Crippen molar-refractivity contribution in [2.75, 3.05) is 13.2 Å². The molecule has 1 aliphatic rings. The molecule has 2 rings (SSSR count). The van der Waals surface area contributed by atoms with E-state index in [1.807, 2.05) is 0 Å². The first-order chi connectivity index (χ1) is 8.92. The minimum absolute atomic E-state index is 0.0415. The van der Waals surface area contributed by atoms with Gasteiger partial charge in [-0.15, -0.1) is 0 Å². The number of aromatic nitrogens is 1. The number of amides is 1. The second-order valence-electron chi connectivity index (χ2n) is 4.58. The molecule has 0 radical (unpaired) electrons. The molecule has 104 valence electrons. The van der Waals surface area contributed by atoms with Gasteiger partial charge in [0.05, 0.1) is 17.2 Å². The van der Waals surface area contributed by atoms with Crippen molar-refractivity contribution in [3.05, 3.63) is 28.1 Å². The summed E-state index contributed by atoms with van der Waals surface area (Å²) in [5.41, 5.74) is -1.18. The molecule has 1 amide bonds. The molecule has 2 atom stereocenters. The molecule has 0 bridgehead atoms. The number of nitrogens with zero attached hydrogens (tertiary/aromatic N) is 1. The first-order valence-corrected chi connectivity index (χ1v) is 5.87. The highest BCUT2D eigenvalue weighted by molar-refractivity contribution is 5.93. The van der Waals surface area contributed by atoms with E-state index < -0.39 is 16.4 Å². The first kappa shape index (κ1) is 13.5. The van der Waals surface area contributed by atoms with Crippen LogP contribution in [0.4, 0.5) is 5.69 Å². The largest absolute Gasteiger partial charge is 0.385 e. The summed E-state index contributed by atoms with van der Waals surface area (Å²) in [6.45, 7) is 2.22.